The number of anilines is 1. The zero-order chi connectivity index (χ0) is 19.2. The lowest BCUT2D eigenvalue weighted by Crippen LogP contribution is -2.30. The number of nitrogens with two attached hydrogens (primary N) is 1. The predicted molar refractivity (Wildman–Crippen MR) is 102 cm³/mol. The van der Waals surface area contributed by atoms with Gasteiger partial charge in [-0.3, -0.25) is 4.79 Å². The summed E-state index contributed by atoms with van der Waals surface area (Å²) in [6.07, 6.45) is 0. The molecule has 0 bridgehead atoms. The van der Waals surface area contributed by atoms with Crippen LogP contribution in [0.1, 0.15) is 16.7 Å². The lowest BCUT2D eigenvalue weighted by Gasteiger charge is -2.17. The Morgan fingerprint density at radius 1 is 0.962 bits per heavy atom. The molecule has 2 aromatic carbocycles. The van der Waals surface area contributed by atoms with Crippen LogP contribution in [0, 0.1) is 20.8 Å². The number of ether oxygens (including phenoxy) is 1. The van der Waals surface area contributed by atoms with Crippen LogP contribution in [-0.2, 0) is 10.0 Å². The van der Waals surface area contributed by atoms with Crippen molar-refractivity contribution < 1.29 is 13.2 Å². The minimum absolute atomic E-state index is 0.0923. The van der Waals surface area contributed by atoms with Crippen LogP contribution in [0.4, 0.5) is 5.69 Å². The van der Waals surface area contributed by atoms with E-state index in [1.54, 1.807) is 51.1 Å². The molecule has 0 amide bonds. The molecule has 7 heteroatoms. The molecule has 136 valence electrons. The summed E-state index contributed by atoms with van der Waals surface area (Å²) in [5, 5.41) is 0.628. The van der Waals surface area contributed by atoms with E-state index in [9.17, 15) is 13.2 Å². The number of rotatable bonds is 3. The molecule has 0 aliphatic carbocycles. The van der Waals surface area contributed by atoms with E-state index in [1.165, 1.54) is 13.2 Å². The van der Waals surface area contributed by atoms with Crippen molar-refractivity contribution in [3.05, 3.63) is 63.4 Å². The van der Waals surface area contributed by atoms with E-state index in [0.29, 0.717) is 33.5 Å². The second-order valence-electron chi connectivity index (χ2n) is 6.31. The molecular formula is C19H20N2O4S. The van der Waals surface area contributed by atoms with Crippen LogP contribution >= 0.6 is 0 Å². The maximum Gasteiger partial charge on any atom is 0.271 e. The van der Waals surface area contributed by atoms with Crippen LogP contribution < -0.4 is 16.0 Å². The van der Waals surface area contributed by atoms with Gasteiger partial charge in [0, 0.05) is 11.3 Å². The molecule has 0 radical (unpaired) electrons. The van der Waals surface area contributed by atoms with Crippen molar-refractivity contribution in [2.45, 2.75) is 25.7 Å². The van der Waals surface area contributed by atoms with Crippen molar-refractivity contribution >= 4 is 26.6 Å². The molecule has 1 aromatic heterocycles. The molecule has 2 N–H and O–H groups in total. The summed E-state index contributed by atoms with van der Waals surface area (Å²) in [4.78, 5) is 12.9. The van der Waals surface area contributed by atoms with Crippen molar-refractivity contribution in [1.29, 1.82) is 0 Å². The number of hydrogen-bond acceptors (Lipinski definition) is 5. The summed E-state index contributed by atoms with van der Waals surface area (Å²) in [5.74, 6) is 0.560. The molecule has 0 aliphatic rings. The summed E-state index contributed by atoms with van der Waals surface area (Å²) in [5.41, 5.74) is 7.25. The quantitative estimate of drug-likeness (QED) is 0.714. The second-order valence-corrected chi connectivity index (χ2v) is 8.03. The monoisotopic (exact) mass is 372 g/mol. The molecule has 0 aliphatic heterocycles. The minimum Gasteiger partial charge on any atom is -0.497 e. The molecular weight excluding hydrogens is 352 g/mol. The summed E-state index contributed by atoms with van der Waals surface area (Å²) >= 11 is 0. The van der Waals surface area contributed by atoms with Crippen molar-refractivity contribution in [2.75, 3.05) is 12.8 Å². The smallest absolute Gasteiger partial charge is 0.271 e. The predicted octanol–water partition coefficient (Wildman–Crippen LogP) is 2.75. The van der Waals surface area contributed by atoms with E-state index < -0.39 is 15.6 Å². The van der Waals surface area contributed by atoms with Crippen molar-refractivity contribution in [3.63, 3.8) is 0 Å². The number of methoxy groups -OCH3 is 1. The Morgan fingerprint density at radius 3 is 2.15 bits per heavy atom. The van der Waals surface area contributed by atoms with Gasteiger partial charge in [0.1, 0.15) is 5.75 Å². The van der Waals surface area contributed by atoms with E-state index in [4.69, 9.17) is 10.5 Å². The minimum atomic E-state index is -4.13. The van der Waals surface area contributed by atoms with Gasteiger partial charge in [0.2, 0.25) is 0 Å². The van der Waals surface area contributed by atoms with Crippen LogP contribution in [0.25, 0.3) is 10.9 Å². The number of pyridine rings is 1. The molecule has 6 nitrogen and oxygen atoms in total. The highest BCUT2D eigenvalue weighted by Gasteiger charge is 2.26. The van der Waals surface area contributed by atoms with Gasteiger partial charge in [-0.15, -0.1) is 0 Å². The highest BCUT2D eigenvalue weighted by Crippen LogP contribution is 2.29. The van der Waals surface area contributed by atoms with Gasteiger partial charge in [0.05, 0.1) is 17.5 Å². The second kappa shape index (κ2) is 6.17. The zero-order valence-electron chi connectivity index (χ0n) is 15.0. The molecule has 0 fully saturated rings. The highest BCUT2D eigenvalue weighted by molar-refractivity contribution is 7.90. The number of aryl methyl sites for hydroxylation is 3. The van der Waals surface area contributed by atoms with Crippen LogP contribution in [0.15, 0.2) is 46.1 Å². The molecule has 0 atom stereocenters. The Labute approximate surface area is 151 Å². The molecule has 0 unspecified atom stereocenters. The third kappa shape index (κ3) is 2.74. The average molecular weight is 372 g/mol. The van der Waals surface area contributed by atoms with Gasteiger partial charge in [-0.05, 0) is 67.6 Å². The van der Waals surface area contributed by atoms with E-state index in [-0.39, 0.29) is 10.4 Å². The third-order valence-electron chi connectivity index (χ3n) is 4.33. The normalized spacial score (nSPS) is 11.7. The fraction of sp³-hybridized carbons (Fsp3) is 0.211. The SMILES string of the molecule is COc1cc(C)c(S(=O)(=O)n2c(=O)c(C)cc3ccc(N)cc32)c(C)c1. The number of nitrogen functional groups attached to an aromatic ring is 1. The van der Waals surface area contributed by atoms with Gasteiger partial charge >= 0.3 is 0 Å². The van der Waals surface area contributed by atoms with Gasteiger partial charge in [-0.25, -0.2) is 8.42 Å². The number of fused-ring (bicyclic) bond motifs is 1. The summed E-state index contributed by atoms with van der Waals surface area (Å²) < 4.78 is 33.0. The van der Waals surface area contributed by atoms with Crippen LogP contribution in [0.2, 0.25) is 0 Å². The first-order chi connectivity index (χ1) is 12.2. The standard InChI is InChI=1S/C19H20N2O4S/c1-11-8-16(25-4)9-12(2)18(11)26(23,24)21-17-10-15(20)6-5-14(17)7-13(3)19(21)22/h5-10H,20H2,1-4H3. The first kappa shape index (κ1) is 18.0. The Kier molecular flexibility index (Phi) is 4.28. The van der Waals surface area contributed by atoms with Crippen LogP contribution in [0.5, 0.6) is 5.75 Å². The maximum atomic E-state index is 13.5. The number of benzene rings is 2. The van der Waals surface area contributed by atoms with Gasteiger partial charge in [-0.1, -0.05) is 6.07 Å². The lowest BCUT2D eigenvalue weighted by atomic mass is 10.1. The zero-order valence-corrected chi connectivity index (χ0v) is 15.8. The first-order valence-corrected chi connectivity index (χ1v) is 9.43. The average Bonchev–Trinajstić information content (AvgIpc) is 2.55. The van der Waals surface area contributed by atoms with E-state index in [0.717, 1.165) is 3.97 Å². The van der Waals surface area contributed by atoms with E-state index in [2.05, 4.69) is 0 Å². The van der Waals surface area contributed by atoms with Crippen LogP contribution in [0.3, 0.4) is 0 Å². The number of nitrogens with zero attached hydrogens (tertiary/aromatic N) is 1. The van der Waals surface area contributed by atoms with E-state index >= 15 is 0 Å². The lowest BCUT2D eigenvalue weighted by molar-refractivity contribution is 0.413. The van der Waals surface area contributed by atoms with Crippen LogP contribution in [-0.4, -0.2) is 19.5 Å². The molecule has 1 heterocycles. The molecule has 0 saturated heterocycles. The first-order valence-electron chi connectivity index (χ1n) is 7.99. The fourth-order valence-corrected chi connectivity index (χ4v) is 5.08. The highest BCUT2D eigenvalue weighted by atomic mass is 32.2. The Morgan fingerprint density at radius 2 is 1.58 bits per heavy atom. The molecule has 3 rings (SSSR count). The van der Waals surface area contributed by atoms with Crippen molar-refractivity contribution in [3.8, 4) is 5.75 Å². The summed E-state index contributed by atoms with van der Waals surface area (Å²) in [6, 6.07) is 9.82. The largest absolute Gasteiger partial charge is 0.497 e. The maximum absolute atomic E-state index is 13.5. The molecule has 3 aromatic rings. The molecule has 0 saturated carbocycles. The summed E-state index contributed by atoms with van der Waals surface area (Å²) in [6.45, 7) is 4.96. The van der Waals surface area contributed by atoms with Gasteiger partial charge < -0.3 is 10.5 Å². The topological polar surface area (TPSA) is 91.4 Å². The number of hydrogen-bond donors (Lipinski definition) is 1. The third-order valence-corrected chi connectivity index (χ3v) is 6.34. The van der Waals surface area contributed by atoms with Crippen molar-refractivity contribution in [2.24, 2.45) is 0 Å². The Balaban J connectivity index is 2.45. The van der Waals surface area contributed by atoms with Gasteiger partial charge in [0.25, 0.3) is 15.6 Å². The van der Waals surface area contributed by atoms with Gasteiger partial charge in [-0.2, -0.15) is 3.97 Å². The Bertz CT molecular complexity index is 1170. The van der Waals surface area contributed by atoms with Gasteiger partial charge in [0.15, 0.2) is 0 Å². The molecule has 0 spiro atoms. The van der Waals surface area contributed by atoms with Crippen molar-refractivity contribution in [1.82, 2.24) is 3.97 Å². The van der Waals surface area contributed by atoms with E-state index in [1.807, 2.05) is 0 Å². The fourth-order valence-electron chi connectivity index (χ4n) is 3.19. The molecule has 26 heavy (non-hydrogen) atoms. The summed E-state index contributed by atoms with van der Waals surface area (Å²) in [7, 11) is -2.61. The number of aromatic nitrogens is 1. The Hall–Kier alpha value is -2.80.